The predicted octanol–water partition coefficient (Wildman–Crippen LogP) is 2.68. The van der Waals surface area contributed by atoms with Crippen LogP contribution >= 0.6 is 0 Å². The summed E-state index contributed by atoms with van der Waals surface area (Å²) in [6, 6.07) is 7.63. The van der Waals surface area contributed by atoms with Gasteiger partial charge in [0, 0.05) is 12.1 Å². The number of benzene rings is 1. The van der Waals surface area contributed by atoms with E-state index < -0.39 is 17.4 Å². The number of methoxy groups -OCH3 is 1. The van der Waals surface area contributed by atoms with Gasteiger partial charge in [0.1, 0.15) is 5.75 Å². The molecule has 0 unspecified atom stereocenters. The third-order valence-electron chi connectivity index (χ3n) is 3.49. The Morgan fingerprint density at radius 2 is 1.58 bits per heavy atom. The normalized spacial score (nSPS) is 11.8. The molecular formula is C19H30N2O3. The van der Waals surface area contributed by atoms with Crippen LogP contribution in [-0.4, -0.2) is 31.0 Å². The molecule has 2 amide bonds. The van der Waals surface area contributed by atoms with Crippen molar-refractivity contribution in [3.05, 3.63) is 29.8 Å². The Morgan fingerprint density at radius 1 is 1.00 bits per heavy atom. The highest BCUT2D eigenvalue weighted by molar-refractivity contribution is 6.35. The second-order valence-electron chi connectivity index (χ2n) is 7.93. The molecule has 0 bridgehead atoms. The largest absolute Gasteiger partial charge is 0.497 e. The maximum Gasteiger partial charge on any atom is 0.309 e. The molecule has 0 aliphatic heterocycles. The van der Waals surface area contributed by atoms with Crippen LogP contribution in [0.25, 0.3) is 0 Å². The quantitative estimate of drug-likeness (QED) is 0.786. The number of rotatable bonds is 6. The van der Waals surface area contributed by atoms with Gasteiger partial charge in [0.25, 0.3) is 0 Å². The number of amides is 2. The van der Waals surface area contributed by atoms with E-state index in [4.69, 9.17) is 4.74 Å². The van der Waals surface area contributed by atoms with Gasteiger partial charge in [0.2, 0.25) is 0 Å². The first-order chi connectivity index (χ1) is 11.0. The molecule has 24 heavy (non-hydrogen) atoms. The molecule has 0 saturated carbocycles. The van der Waals surface area contributed by atoms with Crippen LogP contribution < -0.4 is 15.4 Å². The highest BCUT2D eigenvalue weighted by atomic mass is 16.5. The predicted molar refractivity (Wildman–Crippen MR) is 96.0 cm³/mol. The molecule has 0 aliphatic rings. The summed E-state index contributed by atoms with van der Waals surface area (Å²) in [5.41, 5.74) is 0.717. The van der Waals surface area contributed by atoms with Crippen molar-refractivity contribution >= 4 is 11.8 Å². The fourth-order valence-corrected chi connectivity index (χ4v) is 2.93. The first-order valence-corrected chi connectivity index (χ1v) is 8.26. The van der Waals surface area contributed by atoms with Gasteiger partial charge in [0.15, 0.2) is 0 Å². The van der Waals surface area contributed by atoms with Crippen LogP contribution in [0.1, 0.15) is 46.6 Å². The summed E-state index contributed by atoms with van der Waals surface area (Å²) in [6.07, 6.45) is 1.44. The van der Waals surface area contributed by atoms with Crippen LogP contribution in [0.15, 0.2) is 24.3 Å². The van der Waals surface area contributed by atoms with E-state index in [0.717, 1.165) is 17.7 Å². The van der Waals surface area contributed by atoms with Crippen LogP contribution in [0.4, 0.5) is 0 Å². The summed E-state index contributed by atoms with van der Waals surface area (Å²) in [6.45, 7) is 10.6. The standard InChI is InChI=1S/C19H30N2O3/c1-18(2,3)13-19(4,5)21-17(23)16(22)20-12-11-14-7-9-15(24-6)10-8-14/h7-10H,11-13H2,1-6H3,(H,20,22)(H,21,23). The van der Waals surface area contributed by atoms with Crippen molar-refractivity contribution in [2.75, 3.05) is 13.7 Å². The number of ether oxygens (including phenoxy) is 1. The van der Waals surface area contributed by atoms with Crippen molar-refractivity contribution in [1.29, 1.82) is 0 Å². The van der Waals surface area contributed by atoms with E-state index in [2.05, 4.69) is 31.4 Å². The first kappa shape index (κ1) is 20.0. The second-order valence-corrected chi connectivity index (χ2v) is 7.93. The molecule has 0 spiro atoms. The zero-order valence-corrected chi connectivity index (χ0v) is 15.7. The lowest BCUT2D eigenvalue weighted by Crippen LogP contribution is -2.51. The molecule has 1 aromatic carbocycles. The van der Waals surface area contributed by atoms with E-state index in [1.165, 1.54) is 0 Å². The van der Waals surface area contributed by atoms with Gasteiger partial charge < -0.3 is 15.4 Å². The fourth-order valence-electron chi connectivity index (χ4n) is 2.93. The molecule has 0 saturated heterocycles. The average molecular weight is 334 g/mol. The van der Waals surface area contributed by atoms with Crippen LogP contribution in [-0.2, 0) is 16.0 Å². The third kappa shape index (κ3) is 7.49. The van der Waals surface area contributed by atoms with Crippen molar-refractivity contribution in [3.8, 4) is 5.75 Å². The Kier molecular flexibility index (Phi) is 6.81. The van der Waals surface area contributed by atoms with Gasteiger partial charge in [-0.3, -0.25) is 9.59 Å². The summed E-state index contributed by atoms with van der Waals surface area (Å²) >= 11 is 0. The SMILES string of the molecule is COc1ccc(CCNC(=O)C(=O)NC(C)(C)CC(C)(C)C)cc1. The fraction of sp³-hybridized carbons (Fsp3) is 0.579. The Balaban J connectivity index is 2.42. The molecule has 1 aromatic rings. The van der Waals surface area contributed by atoms with Gasteiger partial charge in [-0.15, -0.1) is 0 Å². The van der Waals surface area contributed by atoms with Gasteiger partial charge in [-0.25, -0.2) is 0 Å². The lowest BCUT2D eigenvalue weighted by Gasteiger charge is -2.33. The molecule has 1 rings (SSSR count). The third-order valence-corrected chi connectivity index (χ3v) is 3.49. The summed E-state index contributed by atoms with van der Waals surface area (Å²) in [4.78, 5) is 24.0. The monoisotopic (exact) mass is 334 g/mol. The molecule has 134 valence electrons. The second kappa shape index (κ2) is 8.18. The van der Waals surface area contributed by atoms with Crippen LogP contribution in [0, 0.1) is 5.41 Å². The molecule has 0 fully saturated rings. The zero-order valence-electron chi connectivity index (χ0n) is 15.7. The minimum atomic E-state index is -0.592. The van der Waals surface area contributed by atoms with E-state index in [9.17, 15) is 9.59 Å². The van der Waals surface area contributed by atoms with Crippen LogP contribution in [0.5, 0.6) is 5.75 Å². The van der Waals surface area contributed by atoms with E-state index >= 15 is 0 Å². The minimum Gasteiger partial charge on any atom is -0.497 e. The van der Waals surface area contributed by atoms with Crippen molar-refractivity contribution in [1.82, 2.24) is 10.6 Å². The molecule has 5 nitrogen and oxygen atoms in total. The molecule has 0 atom stereocenters. The first-order valence-electron chi connectivity index (χ1n) is 8.26. The van der Waals surface area contributed by atoms with Gasteiger partial charge >= 0.3 is 11.8 Å². The molecule has 5 heteroatoms. The van der Waals surface area contributed by atoms with E-state index in [0.29, 0.717) is 13.0 Å². The number of carbonyl (C=O) groups is 2. The Morgan fingerprint density at radius 3 is 2.08 bits per heavy atom. The van der Waals surface area contributed by atoms with Crippen molar-refractivity contribution in [2.24, 2.45) is 5.41 Å². The smallest absolute Gasteiger partial charge is 0.309 e. The summed E-state index contributed by atoms with van der Waals surface area (Å²) < 4.78 is 5.10. The summed E-state index contributed by atoms with van der Waals surface area (Å²) in [7, 11) is 1.62. The van der Waals surface area contributed by atoms with Crippen molar-refractivity contribution in [2.45, 2.75) is 53.0 Å². The maximum atomic E-state index is 12.0. The number of nitrogens with one attached hydrogen (secondary N) is 2. The van der Waals surface area contributed by atoms with Gasteiger partial charge in [0.05, 0.1) is 7.11 Å². The minimum absolute atomic E-state index is 0.0711. The Bertz CT molecular complexity index is 557. The van der Waals surface area contributed by atoms with Crippen LogP contribution in [0.2, 0.25) is 0 Å². The molecule has 2 N–H and O–H groups in total. The van der Waals surface area contributed by atoms with Crippen molar-refractivity contribution < 1.29 is 14.3 Å². The number of hydrogen-bond donors (Lipinski definition) is 2. The number of carbonyl (C=O) groups excluding carboxylic acids is 2. The molecule has 0 radical (unpaired) electrons. The number of hydrogen-bond acceptors (Lipinski definition) is 3. The van der Waals surface area contributed by atoms with Crippen LogP contribution in [0.3, 0.4) is 0 Å². The van der Waals surface area contributed by atoms with E-state index in [-0.39, 0.29) is 5.41 Å². The maximum absolute atomic E-state index is 12.0. The van der Waals surface area contributed by atoms with E-state index in [1.807, 2.05) is 38.1 Å². The molecule has 0 heterocycles. The summed E-state index contributed by atoms with van der Waals surface area (Å²) in [5.74, 6) is -0.382. The van der Waals surface area contributed by atoms with E-state index in [1.54, 1.807) is 7.11 Å². The average Bonchev–Trinajstić information content (AvgIpc) is 2.44. The molecular weight excluding hydrogens is 304 g/mol. The Labute approximate surface area is 145 Å². The lowest BCUT2D eigenvalue weighted by atomic mass is 9.82. The zero-order chi connectivity index (χ0) is 18.4. The Hall–Kier alpha value is -2.04. The van der Waals surface area contributed by atoms with Gasteiger partial charge in [-0.2, -0.15) is 0 Å². The highest BCUT2D eigenvalue weighted by Gasteiger charge is 2.28. The van der Waals surface area contributed by atoms with Gasteiger partial charge in [-0.1, -0.05) is 32.9 Å². The highest BCUT2D eigenvalue weighted by Crippen LogP contribution is 2.26. The van der Waals surface area contributed by atoms with Crippen molar-refractivity contribution in [3.63, 3.8) is 0 Å². The molecule has 0 aliphatic carbocycles. The summed E-state index contributed by atoms with van der Waals surface area (Å²) in [5, 5.41) is 5.47. The lowest BCUT2D eigenvalue weighted by molar-refractivity contribution is -0.140. The topological polar surface area (TPSA) is 67.4 Å². The molecule has 0 aromatic heterocycles. The van der Waals surface area contributed by atoms with Gasteiger partial charge in [-0.05, 0) is 49.8 Å².